The van der Waals surface area contributed by atoms with E-state index in [0.717, 1.165) is 35.7 Å². The lowest BCUT2D eigenvalue weighted by Gasteiger charge is -2.21. The summed E-state index contributed by atoms with van der Waals surface area (Å²) in [5, 5.41) is 15.5. The van der Waals surface area contributed by atoms with Crippen molar-refractivity contribution in [1.29, 1.82) is 5.26 Å². The van der Waals surface area contributed by atoms with Crippen LogP contribution in [0.4, 0.5) is 5.13 Å². The third-order valence-electron chi connectivity index (χ3n) is 4.15. The fraction of sp³-hybridized carbons (Fsp3) is 0.444. The van der Waals surface area contributed by atoms with E-state index in [-0.39, 0.29) is 5.91 Å². The van der Waals surface area contributed by atoms with Crippen molar-refractivity contribution in [3.63, 3.8) is 0 Å². The average Bonchev–Trinajstić information content (AvgIpc) is 2.99. The first-order valence-corrected chi connectivity index (χ1v) is 10.2. The Balaban J connectivity index is 1.59. The van der Waals surface area contributed by atoms with Gasteiger partial charge in [0, 0.05) is 23.2 Å². The molecule has 0 spiro atoms. The van der Waals surface area contributed by atoms with Crippen LogP contribution in [-0.4, -0.2) is 21.6 Å². The number of thiazole rings is 1. The number of aromatic nitrogens is 2. The number of fused-ring (bicyclic) bond motifs is 1. The van der Waals surface area contributed by atoms with E-state index in [1.54, 1.807) is 0 Å². The summed E-state index contributed by atoms with van der Waals surface area (Å²) in [6, 6.07) is 4.23. The topological polar surface area (TPSA) is 78.7 Å². The van der Waals surface area contributed by atoms with Gasteiger partial charge < -0.3 is 5.32 Å². The number of thioether (sulfide) groups is 1. The highest BCUT2D eigenvalue weighted by atomic mass is 32.2. The fourth-order valence-corrected chi connectivity index (χ4v) is 4.47. The van der Waals surface area contributed by atoms with Gasteiger partial charge in [0.25, 0.3) is 0 Å². The lowest BCUT2D eigenvalue weighted by molar-refractivity contribution is -0.115. The second-order valence-corrected chi connectivity index (χ2v) is 8.29. The average molecular weight is 373 g/mol. The van der Waals surface area contributed by atoms with Crippen molar-refractivity contribution in [1.82, 2.24) is 9.97 Å². The van der Waals surface area contributed by atoms with Crippen molar-refractivity contribution in [2.24, 2.45) is 5.92 Å². The quantitative estimate of drug-likeness (QED) is 0.804. The van der Waals surface area contributed by atoms with Gasteiger partial charge in [0.05, 0.1) is 11.3 Å². The smallest absolute Gasteiger partial charge is 0.226 e. The Bertz CT molecular complexity index is 825. The Morgan fingerprint density at radius 1 is 1.52 bits per heavy atom. The SMILES string of the molecule is Cc1csc(NC(=O)CCSc2nc3c(cc2C#N)CC(C)CC3)n1. The Morgan fingerprint density at radius 3 is 3.08 bits per heavy atom. The van der Waals surface area contributed by atoms with E-state index in [4.69, 9.17) is 4.98 Å². The second-order valence-electron chi connectivity index (χ2n) is 6.35. The normalized spacial score (nSPS) is 16.1. The number of aryl methyl sites for hydroxylation is 2. The molecule has 2 aromatic heterocycles. The van der Waals surface area contributed by atoms with Crippen LogP contribution < -0.4 is 5.32 Å². The van der Waals surface area contributed by atoms with E-state index in [1.165, 1.54) is 28.7 Å². The lowest BCUT2D eigenvalue weighted by atomic mass is 9.87. The molecule has 1 atom stereocenters. The van der Waals surface area contributed by atoms with Crippen molar-refractivity contribution < 1.29 is 4.79 Å². The molecule has 0 aromatic carbocycles. The highest BCUT2D eigenvalue weighted by Crippen LogP contribution is 2.29. The molecule has 130 valence electrons. The molecule has 0 aliphatic heterocycles. The molecular weight excluding hydrogens is 352 g/mol. The zero-order valence-electron chi connectivity index (χ0n) is 14.3. The number of carbonyl (C=O) groups excluding carboxylic acids is 1. The minimum atomic E-state index is -0.0628. The van der Waals surface area contributed by atoms with Crippen LogP contribution in [0.2, 0.25) is 0 Å². The molecule has 5 nitrogen and oxygen atoms in total. The van der Waals surface area contributed by atoms with Crippen LogP contribution in [0.1, 0.15) is 42.3 Å². The van der Waals surface area contributed by atoms with Gasteiger partial charge in [-0.15, -0.1) is 23.1 Å². The minimum absolute atomic E-state index is 0.0628. The van der Waals surface area contributed by atoms with E-state index >= 15 is 0 Å². The Hall–Kier alpha value is -1.91. The fourth-order valence-electron chi connectivity index (χ4n) is 2.85. The van der Waals surface area contributed by atoms with Crippen LogP contribution in [0, 0.1) is 24.2 Å². The number of pyridine rings is 1. The Morgan fingerprint density at radius 2 is 2.36 bits per heavy atom. The maximum Gasteiger partial charge on any atom is 0.226 e. The summed E-state index contributed by atoms with van der Waals surface area (Å²) in [5.41, 5.74) is 3.84. The van der Waals surface area contributed by atoms with E-state index < -0.39 is 0 Å². The van der Waals surface area contributed by atoms with Crippen molar-refractivity contribution in [2.75, 3.05) is 11.1 Å². The summed E-state index contributed by atoms with van der Waals surface area (Å²) in [5.74, 6) is 1.18. The van der Waals surface area contributed by atoms with Crippen LogP contribution >= 0.6 is 23.1 Å². The molecule has 2 heterocycles. The van der Waals surface area contributed by atoms with Crippen LogP contribution in [0.3, 0.4) is 0 Å². The minimum Gasteiger partial charge on any atom is -0.302 e. The molecule has 3 rings (SSSR count). The first-order chi connectivity index (χ1) is 12.0. The van der Waals surface area contributed by atoms with Gasteiger partial charge in [0.2, 0.25) is 5.91 Å². The Labute approximate surface area is 155 Å². The summed E-state index contributed by atoms with van der Waals surface area (Å²) < 4.78 is 0. The maximum atomic E-state index is 12.0. The van der Waals surface area contributed by atoms with Gasteiger partial charge in [-0.3, -0.25) is 4.79 Å². The molecule has 1 aliphatic rings. The van der Waals surface area contributed by atoms with Gasteiger partial charge in [-0.05, 0) is 43.7 Å². The monoisotopic (exact) mass is 372 g/mol. The molecular formula is C18H20N4OS2. The number of nitrogens with one attached hydrogen (secondary N) is 1. The summed E-state index contributed by atoms with van der Waals surface area (Å²) >= 11 is 2.90. The summed E-state index contributed by atoms with van der Waals surface area (Å²) in [4.78, 5) is 20.9. The van der Waals surface area contributed by atoms with E-state index in [2.05, 4.69) is 23.3 Å². The lowest BCUT2D eigenvalue weighted by Crippen LogP contribution is -2.14. The zero-order chi connectivity index (χ0) is 17.8. The molecule has 25 heavy (non-hydrogen) atoms. The van der Waals surface area contributed by atoms with Gasteiger partial charge >= 0.3 is 0 Å². The van der Waals surface area contributed by atoms with Crippen molar-refractivity contribution >= 4 is 34.1 Å². The molecule has 1 unspecified atom stereocenters. The van der Waals surface area contributed by atoms with E-state index in [1.807, 2.05) is 18.4 Å². The number of rotatable bonds is 5. The van der Waals surface area contributed by atoms with Crippen LogP contribution in [-0.2, 0) is 17.6 Å². The summed E-state index contributed by atoms with van der Waals surface area (Å²) in [6.07, 6.45) is 3.48. The highest BCUT2D eigenvalue weighted by molar-refractivity contribution is 7.99. The molecule has 1 aliphatic carbocycles. The highest BCUT2D eigenvalue weighted by Gasteiger charge is 2.19. The van der Waals surface area contributed by atoms with E-state index in [9.17, 15) is 10.1 Å². The predicted octanol–water partition coefficient (Wildman–Crippen LogP) is 3.96. The van der Waals surface area contributed by atoms with Gasteiger partial charge in [-0.2, -0.15) is 5.26 Å². The first-order valence-electron chi connectivity index (χ1n) is 8.33. The summed E-state index contributed by atoms with van der Waals surface area (Å²) in [7, 11) is 0. The van der Waals surface area contributed by atoms with Crippen molar-refractivity contribution in [3.8, 4) is 6.07 Å². The number of nitrogens with zero attached hydrogens (tertiary/aromatic N) is 3. The predicted molar refractivity (Wildman–Crippen MR) is 101 cm³/mol. The largest absolute Gasteiger partial charge is 0.302 e. The first kappa shape index (κ1) is 17.9. The summed E-state index contributed by atoms with van der Waals surface area (Å²) in [6.45, 7) is 4.13. The van der Waals surface area contributed by atoms with Gasteiger partial charge in [0.15, 0.2) is 5.13 Å². The number of carbonyl (C=O) groups is 1. The third kappa shape index (κ3) is 4.59. The van der Waals surface area contributed by atoms with E-state index in [0.29, 0.717) is 28.8 Å². The standard InChI is InChI=1S/C18H20N4OS2/c1-11-3-4-15-13(7-11)8-14(9-19)17(21-15)24-6-5-16(23)22-18-20-12(2)10-25-18/h8,10-11H,3-7H2,1-2H3,(H,20,22,23). The molecule has 0 fully saturated rings. The van der Waals surface area contributed by atoms with Crippen LogP contribution in [0.15, 0.2) is 16.5 Å². The number of amides is 1. The van der Waals surface area contributed by atoms with Gasteiger partial charge in [0.1, 0.15) is 11.1 Å². The molecule has 0 bridgehead atoms. The third-order valence-corrected chi connectivity index (χ3v) is 6.02. The molecule has 1 amide bonds. The molecule has 1 N–H and O–H groups in total. The second kappa shape index (κ2) is 7.98. The molecule has 0 radical (unpaired) electrons. The van der Waals surface area contributed by atoms with Crippen molar-refractivity contribution in [3.05, 3.63) is 34.0 Å². The van der Waals surface area contributed by atoms with Gasteiger partial charge in [-0.25, -0.2) is 9.97 Å². The number of hydrogen-bond donors (Lipinski definition) is 1. The van der Waals surface area contributed by atoms with Gasteiger partial charge in [-0.1, -0.05) is 6.92 Å². The van der Waals surface area contributed by atoms with Crippen LogP contribution in [0.25, 0.3) is 0 Å². The van der Waals surface area contributed by atoms with Crippen LogP contribution in [0.5, 0.6) is 0 Å². The molecule has 0 saturated heterocycles. The maximum absolute atomic E-state index is 12.0. The molecule has 7 heteroatoms. The zero-order valence-corrected chi connectivity index (χ0v) is 16.0. The van der Waals surface area contributed by atoms with Crippen molar-refractivity contribution in [2.45, 2.75) is 44.6 Å². The molecule has 0 saturated carbocycles. The number of hydrogen-bond acceptors (Lipinski definition) is 6. The Kier molecular flexibility index (Phi) is 5.71. The number of anilines is 1. The molecule has 2 aromatic rings. The number of nitriles is 1.